The lowest BCUT2D eigenvalue weighted by Gasteiger charge is -2.36. The number of nitro groups is 2. The van der Waals surface area contributed by atoms with Crippen molar-refractivity contribution >= 4 is 5.97 Å². The summed E-state index contributed by atoms with van der Waals surface area (Å²) in [6.45, 7) is 5.96. The van der Waals surface area contributed by atoms with Crippen LogP contribution in [-0.2, 0) is 9.53 Å². The number of hydrogen-bond acceptors (Lipinski definition) is 8. The highest BCUT2D eigenvalue weighted by atomic mass is 16.6. The van der Waals surface area contributed by atoms with Crippen molar-refractivity contribution in [2.45, 2.75) is 103 Å². The molecule has 2 aliphatic rings. The second-order valence-corrected chi connectivity index (χ2v) is 10.2. The van der Waals surface area contributed by atoms with Gasteiger partial charge in [0, 0.05) is 16.3 Å². The van der Waals surface area contributed by atoms with Gasteiger partial charge >= 0.3 is 5.97 Å². The molecule has 0 aliphatic heterocycles. The van der Waals surface area contributed by atoms with Gasteiger partial charge in [0.1, 0.15) is 6.73 Å². The normalized spacial score (nSPS) is 31.5. The van der Waals surface area contributed by atoms with Gasteiger partial charge < -0.3 is 9.84 Å². The highest BCUT2D eigenvalue weighted by Crippen LogP contribution is 2.39. The lowest BCUT2D eigenvalue weighted by molar-refractivity contribution is -0.573. The number of carbonyl (C=O) groups excluding carboxylic acids is 1. The quantitative estimate of drug-likeness (QED) is 0.228. The number of esters is 1. The fourth-order valence-electron chi connectivity index (χ4n) is 5.39. The average Bonchev–Trinajstić information content (AvgIpc) is 2.76. The Kier molecular flexibility index (Phi) is 9.39. The van der Waals surface area contributed by atoms with Gasteiger partial charge in [-0.25, -0.2) is 0 Å². The monoisotopic (exact) mass is 457 g/mol. The highest BCUT2D eigenvalue weighted by Gasteiger charge is 2.45. The average molecular weight is 458 g/mol. The Balaban J connectivity index is 1.93. The molecule has 1 N–H and O–H groups in total. The first-order valence-electron chi connectivity index (χ1n) is 11.8. The number of nitrogens with zero attached hydrogens (tertiary/aromatic N) is 3. The van der Waals surface area contributed by atoms with Crippen LogP contribution in [0.15, 0.2) is 0 Å². The summed E-state index contributed by atoms with van der Waals surface area (Å²) >= 11 is 0. The van der Waals surface area contributed by atoms with Crippen LogP contribution in [0.4, 0.5) is 0 Å². The van der Waals surface area contributed by atoms with Crippen LogP contribution in [0.2, 0.25) is 0 Å². The molecule has 5 unspecified atom stereocenters. The Morgan fingerprint density at radius 1 is 1.16 bits per heavy atom. The number of rotatable bonds is 10. The molecule has 10 nitrogen and oxygen atoms in total. The van der Waals surface area contributed by atoms with Crippen molar-refractivity contribution in [2.75, 3.05) is 13.8 Å². The molecule has 5 atom stereocenters. The fourth-order valence-corrected chi connectivity index (χ4v) is 5.39. The molecule has 0 aromatic heterocycles. The van der Waals surface area contributed by atoms with Crippen molar-refractivity contribution < 1.29 is 24.5 Å². The van der Waals surface area contributed by atoms with E-state index in [1.807, 2.05) is 13.8 Å². The maximum absolute atomic E-state index is 13.0. The second-order valence-electron chi connectivity index (χ2n) is 10.2. The van der Waals surface area contributed by atoms with Gasteiger partial charge in [0.2, 0.25) is 12.1 Å². The number of aliphatic hydroxyl groups excluding tert-OH is 1. The summed E-state index contributed by atoms with van der Waals surface area (Å²) in [5.41, 5.74) is -0.651. The maximum atomic E-state index is 13.0. The predicted octanol–water partition coefficient (Wildman–Crippen LogP) is 3.26. The molecule has 32 heavy (non-hydrogen) atoms. The summed E-state index contributed by atoms with van der Waals surface area (Å²) in [6.07, 6.45) is 5.15. The number of hydrogen-bond donors (Lipinski definition) is 1. The molecule has 0 aromatic carbocycles. The van der Waals surface area contributed by atoms with E-state index in [1.54, 1.807) is 11.9 Å². The molecule has 0 bridgehead atoms. The zero-order valence-corrected chi connectivity index (χ0v) is 19.8. The van der Waals surface area contributed by atoms with Crippen LogP contribution in [0.5, 0.6) is 0 Å². The lowest BCUT2D eigenvalue weighted by atomic mass is 9.71. The third kappa shape index (κ3) is 6.60. The lowest BCUT2D eigenvalue weighted by Crippen LogP contribution is -2.52. The number of ether oxygens (including phenoxy) is 1. The number of likely N-dealkylation sites (N-methyl/N-ethyl adjacent to an activating group) is 1. The van der Waals surface area contributed by atoms with Crippen molar-refractivity contribution in [3.8, 4) is 0 Å². The minimum atomic E-state index is -1.05. The summed E-state index contributed by atoms with van der Waals surface area (Å²) in [5.74, 6) is 0.498. The van der Waals surface area contributed by atoms with Crippen LogP contribution < -0.4 is 0 Å². The van der Waals surface area contributed by atoms with Crippen molar-refractivity contribution in [1.82, 2.24) is 4.90 Å². The van der Waals surface area contributed by atoms with E-state index in [2.05, 4.69) is 6.92 Å². The van der Waals surface area contributed by atoms with Gasteiger partial charge in [-0.05, 0) is 70.8 Å². The van der Waals surface area contributed by atoms with Crippen molar-refractivity contribution in [2.24, 2.45) is 17.3 Å². The van der Waals surface area contributed by atoms with Crippen LogP contribution >= 0.6 is 0 Å². The third-order valence-electron chi connectivity index (χ3n) is 7.88. The van der Waals surface area contributed by atoms with Crippen LogP contribution in [-0.4, -0.2) is 63.8 Å². The zero-order valence-electron chi connectivity index (χ0n) is 19.8. The van der Waals surface area contributed by atoms with Crippen LogP contribution in [0.3, 0.4) is 0 Å². The van der Waals surface area contributed by atoms with Gasteiger partial charge in [0.15, 0.2) is 0 Å². The minimum absolute atomic E-state index is 0.0729. The topological polar surface area (TPSA) is 136 Å². The molecule has 0 amide bonds. The van der Waals surface area contributed by atoms with E-state index >= 15 is 0 Å². The molecule has 0 radical (unpaired) electrons. The predicted molar refractivity (Wildman–Crippen MR) is 118 cm³/mol. The molecule has 0 spiro atoms. The van der Waals surface area contributed by atoms with Crippen LogP contribution in [0.25, 0.3) is 0 Å². The third-order valence-corrected chi connectivity index (χ3v) is 7.88. The van der Waals surface area contributed by atoms with Gasteiger partial charge in [0.25, 0.3) is 0 Å². The SMILES string of the molecule is CCC(C)(CC(C)C1CCC(O)CC1)C(=O)OCN(C)C1CCC([N+](=O)[O-])CC1[N+](=O)[O-]. The smallest absolute Gasteiger partial charge is 0.313 e. The van der Waals surface area contributed by atoms with Gasteiger partial charge in [-0.1, -0.05) is 13.8 Å². The van der Waals surface area contributed by atoms with E-state index in [9.17, 15) is 30.1 Å². The Bertz CT molecular complexity index is 668. The molecule has 2 rings (SSSR count). The molecule has 2 fully saturated rings. The standard InChI is InChI=1S/C22H39N3O7/c1-5-22(3,13-15(2)16-6-9-18(26)10-7-16)21(27)32-14-23(4)19-11-8-17(24(28)29)12-20(19)25(30)31/h15-20,26H,5-14H2,1-4H3. The molecular weight excluding hydrogens is 418 g/mol. The Labute approximate surface area is 190 Å². The zero-order chi connectivity index (χ0) is 24.1. The summed E-state index contributed by atoms with van der Waals surface area (Å²) in [5, 5.41) is 32.3. The molecule has 2 aliphatic carbocycles. The number of aliphatic hydroxyl groups is 1. The van der Waals surface area contributed by atoms with E-state index < -0.39 is 33.4 Å². The van der Waals surface area contributed by atoms with E-state index in [0.717, 1.165) is 25.7 Å². The summed E-state index contributed by atoms with van der Waals surface area (Å²) in [4.78, 5) is 36.3. The van der Waals surface area contributed by atoms with Gasteiger partial charge in [-0.2, -0.15) is 0 Å². The second kappa shape index (κ2) is 11.4. The highest BCUT2D eigenvalue weighted by molar-refractivity contribution is 5.76. The fraction of sp³-hybridized carbons (Fsp3) is 0.955. The van der Waals surface area contributed by atoms with E-state index in [0.29, 0.717) is 31.1 Å². The summed E-state index contributed by atoms with van der Waals surface area (Å²) < 4.78 is 5.61. The van der Waals surface area contributed by atoms with Crippen molar-refractivity contribution in [1.29, 1.82) is 0 Å². The first-order valence-corrected chi connectivity index (χ1v) is 11.8. The van der Waals surface area contributed by atoms with E-state index in [-0.39, 0.29) is 31.6 Å². The molecule has 2 saturated carbocycles. The molecule has 0 saturated heterocycles. The van der Waals surface area contributed by atoms with Gasteiger partial charge in [0.05, 0.1) is 24.0 Å². The maximum Gasteiger partial charge on any atom is 0.313 e. The minimum Gasteiger partial charge on any atom is -0.449 e. The first-order chi connectivity index (χ1) is 15.0. The van der Waals surface area contributed by atoms with Crippen LogP contribution in [0.1, 0.15) is 78.6 Å². The molecule has 0 aromatic rings. The Morgan fingerprint density at radius 3 is 2.31 bits per heavy atom. The summed E-state index contributed by atoms with van der Waals surface area (Å²) in [7, 11) is 1.67. The van der Waals surface area contributed by atoms with E-state index in [1.165, 1.54) is 0 Å². The number of carbonyl (C=O) groups is 1. The van der Waals surface area contributed by atoms with Gasteiger partial charge in [-0.3, -0.25) is 29.9 Å². The Morgan fingerprint density at radius 2 is 1.78 bits per heavy atom. The molecule has 184 valence electrons. The van der Waals surface area contributed by atoms with Crippen molar-refractivity contribution in [3.05, 3.63) is 20.2 Å². The Hall–Kier alpha value is -1.81. The van der Waals surface area contributed by atoms with Gasteiger partial charge in [-0.15, -0.1) is 0 Å². The van der Waals surface area contributed by atoms with Crippen LogP contribution in [0, 0.1) is 37.5 Å². The molecular formula is C22H39N3O7. The van der Waals surface area contributed by atoms with Crippen molar-refractivity contribution in [3.63, 3.8) is 0 Å². The first kappa shape index (κ1) is 26.4. The summed E-state index contributed by atoms with van der Waals surface area (Å²) in [6, 6.07) is -2.46. The molecule has 10 heteroatoms. The van der Waals surface area contributed by atoms with E-state index in [4.69, 9.17) is 4.74 Å². The molecule has 0 heterocycles. The largest absolute Gasteiger partial charge is 0.449 e.